The molecule has 2 aliphatic carbocycles. The maximum absolute atomic E-state index is 11.7. The van der Waals surface area contributed by atoms with Gasteiger partial charge in [-0.3, -0.25) is 4.79 Å². The largest absolute Gasteiger partial charge is 0.356 e. The van der Waals surface area contributed by atoms with Crippen LogP contribution in [0.4, 0.5) is 5.82 Å². The SMILES string of the molecule is CN(c1ncnc2[nH]ccc12)C1CC2CCC(=O)CC2C1. The molecule has 2 fully saturated rings. The number of Topliss-reactive ketones (excluding diaryl/α,β-unsaturated/α-hetero) is 1. The highest BCUT2D eigenvalue weighted by atomic mass is 16.1. The smallest absolute Gasteiger partial charge is 0.142 e. The van der Waals surface area contributed by atoms with Crippen molar-refractivity contribution in [3.8, 4) is 0 Å². The second-order valence-electron chi connectivity index (χ2n) is 6.47. The first-order chi connectivity index (χ1) is 10.2. The third-order valence-corrected chi connectivity index (χ3v) is 5.31. The number of aromatic nitrogens is 3. The number of aromatic amines is 1. The van der Waals surface area contributed by atoms with Crippen molar-refractivity contribution in [2.45, 2.75) is 38.1 Å². The molecule has 2 saturated carbocycles. The molecule has 21 heavy (non-hydrogen) atoms. The minimum Gasteiger partial charge on any atom is -0.356 e. The lowest BCUT2D eigenvalue weighted by Gasteiger charge is -2.26. The summed E-state index contributed by atoms with van der Waals surface area (Å²) in [6.45, 7) is 0. The first kappa shape index (κ1) is 12.8. The summed E-state index contributed by atoms with van der Waals surface area (Å²) >= 11 is 0. The van der Waals surface area contributed by atoms with Gasteiger partial charge in [0.15, 0.2) is 0 Å². The third kappa shape index (κ3) is 2.11. The highest BCUT2D eigenvalue weighted by Crippen LogP contribution is 2.43. The van der Waals surface area contributed by atoms with Crippen molar-refractivity contribution in [1.82, 2.24) is 15.0 Å². The summed E-state index contributed by atoms with van der Waals surface area (Å²) in [5.41, 5.74) is 0.887. The zero-order valence-electron chi connectivity index (χ0n) is 12.2. The number of carbonyl (C=O) groups is 1. The normalized spacial score (nSPS) is 28.8. The van der Waals surface area contributed by atoms with Gasteiger partial charge in [-0.1, -0.05) is 0 Å². The summed E-state index contributed by atoms with van der Waals surface area (Å²) in [6, 6.07) is 2.52. The van der Waals surface area contributed by atoms with Gasteiger partial charge in [-0.05, 0) is 37.2 Å². The maximum atomic E-state index is 11.7. The molecule has 3 atom stereocenters. The van der Waals surface area contributed by atoms with Gasteiger partial charge in [0.2, 0.25) is 0 Å². The molecular formula is C16H20N4O. The van der Waals surface area contributed by atoms with Crippen molar-refractivity contribution in [3.63, 3.8) is 0 Å². The molecule has 3 unspecified atom stereocenters. The first-order valence-electron chi connectivity index (χ1n) is 7.75. The van der Waals surface area contributed by atoms with Gasteiger partial charge in [-0.2, -0.15) is 0 Å². The van der Waals surface area contributed by atoms with E-state index in [4.69, 9.17) is 0 Å². The average Bonchev–Trinajstić information content (AvgIpc) is 3.11. The molecule has 0 saturated heterocycles. The Kier molecular flexibility index (Phi) is 2.94. The highest BCUT2D eigenvalue weighted by molar-refractivity contribution is 5.87. The molecule has 4 rings (SSSR count). The van der Waals surface area contributed by atoms with Gasteiger partial charge in [-0.15, -0.1) is 0 Å². The predicted molar refractivity (Wildman–Crippen MR) is 81.2 cm³/mol. The predicted octanol–water partition coefficient (Wildman–Crippen LogP) is 2.54. The van der Waals surface area contributed by atoms with E-state index in [9.17, 15) is 4.79 Å². The Morgan fingerprint density at radius 3 is 3.05 bits per heavy atom. The van der Waals surface area contributed by atoms with Gasteiger partial charge in [0.05, 0.1) is 5.39 Å². The molecular weight excluding hydrogens is 264 g/mol. The van der Waals surface area contributed by atoms with E-state index in [-0.39, 0.29) is 0 Å². The average molecular weight is 284 g/mol. The van der Waals surface area contributed by atoms with Crippen LogP contribution in [0.5, 0.6) is 0 Å². The lowest BCUT2D eigenvalue weighted by molar-refractivity contribution is -0.122. The molecule has 5 heteroatoms. The van der Waals surface area contributed by atoms with E-state index in [2.05, 4.69) is 26.9 Å². The van der Waals surface area contributed by atoms with Gasteiger partial charge in [0.1, 0.15) is 23.6 Å². The van der Waals surface area contributed by atoms with E-state index >= 15 is 0 Å². The molecule has 0 bridgehead atoms. The molecule has 0 spiro atoms. The fourth-order valence-electron chi connectivity index (χ4n) is 4.15. The van der Waals surface area contributed by atoms with Crippen molar-refractivity contribution in [2.75, 3.05) is 11.9 Å². The Balaban J connectivity index is 1.59. The Hall–Kier alpha value is -1.91. The van der Waals surface area contributed by atoms with Crippen molar-refractivity contribution >= 4 is 22.6 Å². The number of hydrogen-bond donors (Lipinski definition) is 1. The fourth-order valence-corrected chi connectivity index (χ4v) is 4.15. The number of rotatable bonds is 2. The van der Waals surface area contributed by atoms with E-state index < -0.39 is 0 Å². The molecule has 0 amide bonds. The summed E-state index contributed by atoms with van der Waals surface area (Å²) in [5, 5.41) is 1.07. The highest BCUT2D eigenvalue weighted by Gasteiger charge is 2.40. The van der Waals surface area contributed by atoms with Crippen molar-refractivity contribution in [1.29, 1.82) is 0 Å². The van der Waals surface area contributed by atoms with Crippen molar-refractivity contribution < 1.29 is 4.79 Å². The molecule has 1 N–H and O–H groups in total. The van der Waals surface area contributed by atoms with Crippen LogP contribution in [0.3, 0.4) is 0 Å². The molecule has 0 aromatic carbocycles. The second kappa shape index (κ2) is 4.83. The van der Waals surface area contributed by atoms with Crippen molar-refractivity contribution in [3.05, 3.63) is 18.6 Å². The Morgan fingerprint density at radius 1 is 1.29 bits per heavy atom. The Labute approximate surface area is 123 Å². The van der Waals surface area contributed by atoms with Crippen LogP contribution in [0.15, 0.2) is 18.6 Å². The summed E-state index contributed by atoms with van der Waals surface area (Å²) in [5.74, 6) is 2.76. The van der Waals surface area contributed by atoms with E-state index in [0.29, 0.717) is 17.7 Å². The topological polar surface area (TPSA) is 61.9 Å². The number of carbonyl (C=O) groups excluding carboxylic acids is 1. The molecule has 2 aliphatic rings. The molecule has 2 aromatic heterocycles. The first-order valence-corrected chi connectivity index (χ1v) is 7.75. The van der Waals surface area contributed by atoms with Crippen LogP contribution < -0.4 is 4.90 Å². The van der Waals surface area contributed by atoms with Crippen LogP contribution >= 0.6 is 0 Å². The standard InChI is InChI=1S/C16H20N4O/c1-20(16-14-4-5-17-15(14)18-9-19-16)12-6-10-2-3-13(21)8-11(10)7-12/h4-5,9-12H,2-3,6-8H2,1H3,(H,17,18,19). The molecule has 110 valence electrons. The number of nitrogens with zero attached hydrogens (tertiary/aromatic N) is 3. The van der Waals surface area contributed by atoms with Crippen molar-refractivity contribution in [2.24, 2.45) is 11.8 Å². The zero-order valence-corrected chi connectivity index (χ0v) is 12.2. The molecule has 2 aromatic rings. The van der Waals surface area contributed by atoms with Gasteiger partial charge >= 0.3 is 0 Å². The Bertz CT molecular complexity index is 680. The maximum Gasteiger partial charge on any atom is 0.142 e. The molecule has 0 aliphatic heterocycles. The molecule has 0 radical (unpaired) electrons. The number of hydrogen-bond acceptors (Lipinski definition) is 4. The quantitative estimate of drug-likeness (QED) is 0.920. The fraction of sp³-hybridized carbons (Fsp3) is 0.562. The third-order valence-electron chi connectivity index (χ3n) is 5.31. The number of nitrogens with one attached hydrogen (secondary N) is 1. The lowest BCUT2D eigenvalue weighted by atomic mass is 9.81. The van der Waals surface area contributed by atoms with Crippen LogP contribution in [0, 0.1) is 11.8 Å². The second-order valence-corrected chi connectivity index (χ2v) is 6.47. The van der Waals surface area contributed by atoms with Crippen LogP contribution in [0.1, 0.15) is 32.1 Å². The summed E-state index contributed by atoms with van der Waals surface area (Å²) < 4.78 is 0. The molecule has 2 heterocycles. The summed E-state index contributed by atoms with van der Waals surface area (Å²) in [7, 11) is 2.12. The Morgan fingerprint density at radius 2 is 2.14 bits per heavy atom. The summed E-state index contributed by atoms with van der Waals surface area (Å²) in [4.78, 5) is 25.8. The van der Waals surface area contributed by atoms with Crippen LogP contribution in [-0.4, -0.2) is 33.8 Å². The minimum absolute atomic E-state index is 0.453. The van der Waals surface area contributed by atoms with Gasteiger partial charge in [0, 0.05) is 32.1 Å². The lowest BCUT2D eigenvalue weighted by Crippen LogP contribution is -2.30. The van der Waals surface area contributed by atoms with E-state index in [1.165, 1.54) is 6.42 Å². The van der Waals surface area contributed by atoms with Crippen LogP contribution in [0.25, 0.3) is 11.0 Å². The number of fused-ring (bicyclic) bond motifs is 2. The zero-order chi connectivity index (χ0) is 14.4. The minimum atomic E-state index is 0.453. The van der Waals surface area contributed by atoms with Gasteiger partial charge < -0.3 is 9.88 Å². The summed E-state index contributed by atoms with van der Waals surface area (Å²) in [6.07, 6.45) is 8.48. The van der Waals surface area contributed by atoms with E-state index in [1.807, 2.05) is 12.3 Å². The molecule has 5 nitrogen and oxygen atoms in total. The van der Waals surface area contributed by atoms with E-state index in [1.54, 1.807) is 6.33 Å². The van der Waals surface area contributed by atoms with Gasteiger partial charge in [0.25, 0.3) is 0 Å². The van der Waals surface area contributed by atoms with E-state index in [0.717, 1.165) is 48.5 Å². The number of anilines is 1. The van der Waals surface area contributed by atoms with Crippen LogP contribution in [0.2, 0.25) is 0 Å². The van der Waals surface area contributed by atoms with Crippen LogP contribution in [-0.2, 0) is 4.79 Å². The monoisotopic (exact) mass is 284 g/mol. The number of H-pyrrole nitrogens is 1. The van der Waals surface area contributed by atoms with Gasteiger partial charge in [-0.25, -0.2) is 9.97 Å². The number of ketones is 1.